The van der Waals surface area contributed by atoms with Crippen molar-refractivity contribution in [2.75, 3.05) is 19.6 Å². The molecule has 0 unspecified atom stereocenters. The lowest BCUT2D eigenvalue weighted by Crippen LogP contribution is -2.23. The third-order valence-corrected chi connectivity index (χ3v) is 2.39. The third-order valence-electron chi connectivity index (χ3n) is 2.39. The zero-order chi connectivity index (χ0) is 9.14. The topological polar surface area (TPSA) is 40.5 Å². The molecule has 3 heteroatoms. The summed E-state index contributed by atoms with van der Waals surface area (Å²) in [5.41, 5.74) is 0. The van der Waals surface area contributed by atoms with Crippen LogP contribution in [-0.2, 0) is 4.79 Å². The number of carboxylic acids is 1. The van der Waals surface area contributed by atoms with Gasteiger partial charge in [-0.1, -0.05) is 13.0 Å². The number of hydrogen-bond donors (Lipinski definition) is 1. The molecule has 1 aliphatic rings. The van der Waals surface area contributed by atoms with Gasteiger partial charge in [0.1, 0.15) is 0 Å². The van der Waals surface area contributed by atoms with E-state index >= 15 is 0 Å². The highest BCUT2D eigenvalue weighted by molar-refractivity contribution is 5.71. The number of carbonyl (C=O) groups is 1. The molecular formula is C9H15NO2. The molecule has 0 bridgehead atoms. The van der Waals surface area contributed by atoms with Crippen LogP contribution in [0.3, 0.4) is 0 Å². The Labute approximate surface area is 72.7 Å². The Balaban J connectivity index is 2.49. The molecule has 0 aromatic heterocycles. The van der Waals surface area contributed by atoms with E-state index in [2.05, 4.69) is 11.5 Å². The fourth-order valence-corrected chi connectivity index (χ4v) is 1.72. The summed E-state index contributed by atoms with van der Waals surface area (Å²) < 4.78 is 0. The largest absolute Gasteiger partial charge is 0.481 e. The van der Waals surface area contributed by atoms with Gasteiger partial charge in [0.15, 0.2) is 0 Å². The van der Waals surface area contributed by atoms with Crippen molar-refractivity contribution in [3.05, 3.63) is 12.7 Å². The molecule has 0 radical (unpaired) electrons. The lowest BCUT2D eigenvalue weighted by Gasteiger charge is -2.10. The predicted octanol–water partition coefficient (Wildman–Crippen LogP) is 0.825. The Morgan fingerprint density at radius 3 is 2.83 bits per heavy atom. The van der Waals surface area contributed by atoms with Crippen LogP contribution in [0.1, 0.15) is 6.92 Å². The molecule has 0 aliphatic carbocycles. The second kappa shape index (κ2) is 3.72. The zero-order valence-electron chi connectivity index (χ0n) is 7.36. The standard InChI is InChI=1S/C9H15NO2/c1-3-4-10-5-7(2)8(6-10)9(11)12/h3,7-8H,1,4-6H2,2H3,(H,11,12)/t7-,8-/m1/s1. The van der Waals surface area contributed by atoms with Gasteiger partial charge in [0.2, 0.25) is 0 Å². The number of aliphatic carboxylic acids is 1. The summed E-state index contributed by atoms with van der Waals surface area (Å²) in [6.07, 6.45) is 1.82. The van der Waals surface area contributed by atoms with Gasteiger partial charge in [-0.25, -0.2) is 0 Å². The van der Waals surface area contributed by atoms with Gasteiger partial charge in [-0.15, -0.1) is 6.58 Å². The van der Waals surface area contributed by atoms with Crippen LogP contribution in [0.15, 0.2) is 12.7 Å². The molecule has 0 amide bonds. The molecule has 1 aliphatic heterocycles. The molecule has 0 aromatic rings. The van der Waals surface area contributed by atoms with Crippen molar-refractivity contribution < 1.29 is 9.90 Å². The van der Waals surface area contributed by atoms with E-state index < -0.39 is 5.97 Å². The van der Waals surface area contributed by atoms with E-state index in [9.17, 15) is 4.79 Å². The average Bonchev–Trinajstić information content (AvgIpc) is 2.32. The minimum Gasteiger partial charge on any atom is -0.481 e. The van der Waals surface area contributed by atoms with Crippen molar-refractivity contribution in [3.8, 4) is 0 Å². The normalized spacial score (nSPS) is 30.4. The molecule has 0 spiro atoms. The Kier molecular flexibility index (Phi) is 2.87. The number of hydrogen-bond acceptors (Lipinski definition) is 2. The first-order valence-electron chi connectivity index (χ1n) is 4.21. The number of carboxylic acid groups (broad SMARTS) is 1. The molecule has 12 heavy (non-hydrogen) atoms. The average molecular weight is 169 g/mol. The molecule has 1 N–H and O–H groups in total. The molecule has 1 fully saturated rings. The summed E-state index contributed by atoms with van der Waals surface area (Å²) in [5, 5.41) is 8.82. The highest BCUT2D eigenvalue weighted by Crippen LogP contribution is 2.22. The second-order valence-electron chi connectivity index (χ2n) is 3.43. The maximum absolute atomic E-state index is 10.7. The highest BCUT2D eigenvalue weighted by Gasteiger charge is 2.33. The quantitative estimate of drug-likeness (QED) is 0.636. The highest BCUT2D eigenvalue weighted by atomic mass is 16.4. The molecule has 0 saturated carbocycles. The van der Waals surface area contributed by atoms with Crippen LogP contribution in [0, 0.1) is 11.8 Å². The fraction of sp³-hybridized carbons (Fsp3) is 0.667. The summed E-state index contributed by atoms with van der Waals surface area (Å²) >= 11 is 0. The van der Waals surface area contributed by atoms with E-state index in [1.807, 2.05) is 13.0 Å². The van der Waals surface area contributed by atoms with Crippen molar-refractivity contribution in [2.45, 2.75) is 6.92 Å². The number of rotatable bonds is 3. The first-order chi connectivity index (χ1) is 5.65. The summed E-state index contributed by atoms with van der Waals surface area (Å²) in [5.74, 6) is -0.596. The van der Waals surface area contributed by atoms with E-state index in [0.29, 0.717) is 6.54 Å². The molecule has 1 heterocycles. The molecule has 1 rings (SSSR count). The van der Waals surface area contributed by atoms with E-state index in [1.165, 1.54) is 0 Å². The first kappa shape index (κ1) is 9.26. The summed E-state index contributed by atoms with van der Waals surface area (Å²) in [7, 11) is 0. The SMILES string of the molecule is C=CCN1C[C@@H](C)[C@H](C(=O)O)C1. The Morgan fingerprint density at radius 2 is 2.42 bits per heavy atom. The van der Waals surface area contributed by atoms with Crippen LogP contribution in [-0.4, -0.2) is 35.6 Å². The van der Waals surface area contributed by atoms with Gasteiger partial charge in [0.05, 0.1) is 5.92 Å². The molecule has 68 valence electrons. The van der Waals surface area contributed by atoms with Crippen molar-refractivity contribution in [1.29, 1.82) is 0 Å². The van der Waals surface area contributed by atoms with Crippen LogP contribution < -0.4 is 0 Å². The van der Waals surface area contributed by atoms with Crippen molar-refractivity contribution in [3.63, 3.8) is 0 Å². The van der Waals surface area contributed by atoms with Crippen molar-refractivity contribution >= 4 is 5.97 Å². The molecular weight excluding hydrogens is 154 g/mol. The van der Waals surface area contributed by atoms with Gasteiger partial charge in [-0.2, -0.15) is 0 Å². The third kappa shape index (κ3) is 1.85. The maximum Gasteiger partial charge on any atom is 0.308 e. The van der Waals surface area contributed by atoms with Crippen LogP contribution in [0.5, 0.6) is 0 Å². The van der Waals surface area contributed by atoms with E-state index in [-0.39, 0.29) is 11.8 Å². The van der Waals surface area contributed by atoms with Gasteiger partial charge in [-0.3, -0.25) is 9.69 Å². The summed E-state index contributed by atoms with van der Waals surface area (Å²) in [6.45, 7) is 7.96. The minimum atomic E-state index is -0.672. The lowest BCUT2D eigenvalue weighted by molar-refractivity contribution is -0.142. The summed E-state index contributed by atoms with van der Waals surface area (Å²) in [4.78, 5) is 12.8. The van der Waals surface area contributed by atoms with Gasteiger partial charge in [0, 0.05) is 19.6 Å². The van der Waals surface area contributed by atoms with Crippen LogP contribution >= 0.6 is 0 Å². The predicted molar refractivity (Wildman–Crippen MR) is 46.9 cm³/mol. The molecule has 0 aromatic carbocycles. The van der Waals surface area contributed by atoms with Gasteiger partial charge < -0.3 is 5.11 Å². The smallest absolute Gasteiger partial charge is 0.308 e. The fourth-order valence-electron chi connectivity index (χ4n) is 1.72. The van der Waals surface area contributed by atoms with Crippen molar-refractivity contribution in [1.82, 2.24) is 4.90 Å². The van der Waals surface area contributed by atoms with Crippen LogP contribution in [0.4, 0.5) is 0 Å². The second-order valence-corrected chi connectivity index (χ2v) is 3.43. The Morgan fingerprint density at radius 1 is 1.75 bits per heavy atom. The van der Waals surface area contributed by atoms with Gasteiger partial charge >= 0.3 is 5.97 Å². The zero-order valence-corrected chi connectivity index (χ0v) is 7.36. The van der Waals surface area contributed by atoms with Gasteiger partial charge in [0.25, 0.3) is 0 Å². The molecule has 3 nitrogen and oxygen atoms in total. The number of nitrogens with zero attached hydrogens (tertiary/aromatic N) is 1. The summed E-state index contributed by atoms with van der Waals surface area (Å²) in [6, 6.07) is 0. The monoisotopic (exact) mass is 169 g/mol. The molecule has 1 saturated heterocycles. The van der Waals surface area contributed by atoms with E-state index in [1.54, 1.807) is 0 Å². The van der Waals surface area contributed by atoms with E-state index in [0.717, 1.165) is 13.1 Å². The van der Waals surface area contributed by atoms with Crippen molar-refractivity contribution in [2.24, 2.45) is 11.8 Å². The van der Waals surface area contributed by atoms with E-state index in [4.69, 9.17) is 5.11 Å². The molecule has 2 atom stereocenters. The van der Waals surface area contributed by atoms with Crippen LogP contribution in [0.2, 0.25) is 0 Å². The van der Waals surface area contributed by atoms with Crippen LogP contribution in [0.25, 0.3) is 0 Å². The lowest BCUT2D eigenvalue weighted by atomic mass is 9.99. The van der Waals surface area contributed by atoms with Gasteiger partial charge in [-0.05, 0) is 5.92 Å². The first-order valence-corrected chi connectivity index (χ1v) is 4.21. The Bertz CT molecular complexity index is 191. The Hall–Kier alpha value is -0.830. The number of likely N-dealkylation sites (tertiary alicyclic amines) is 1. The maximum atomic E-state index is 10.7. The minimum absolute atomic E-state index is 0.190.